The fourth-order valence-corrected chi connectivity index (χ4v) is 1.15. The Bertz CT molecular complexity index is 243. The van der Waals surface area contributed by atoms with E-state index >= 15 is 0 Å². The zero-order chi connectivity index (χ0) is 8.97. The van der Waals surface area contributed by atoms with Crippen LogP contribution in [0.15, 0.2) is 18.2 Å². The molecule has 65 valence electrons. The zero-order valence-corrected chi connectivity index (χ0v) is 7.67. The lowest BCUT2D eigenvalue weighted by Crippen LogP contribution is -2.11. The Hall–Kier alpha value is -0.860. The van der Waals surface area contributed by atoms with Gasteiger partial charge in [0.05, 0.1) is 0 Å². The molecule has 0 saturated carbocycles. The van der Waals surface area contributed by atoms with E-state index in [2.05, 4.69) is 31.1 Å². The zero-order valence-electron chi connectivity index (χ0n) is 7.67. The van der Waals surface area contributed by atoms with Crippen LogP contribution in [0.4, 0.5) is 0 Å². The fourth-order valence-electron chi connectivity index (χ4n) is 1.15. The summed E-state index contributed by atoms with van der Waals surface area (Å²) in [6, 6.07) is 9.13. The maximum atomic E-state index is 5.52. The van der Waals surface area contributed by atoms with Crippen LogP contribution in [-0.4, -0.2) is 19.0 Å². The summed E-state index contributed by atoms with van der Waals surface area (Å²) in [5, 5.41) is 0. The van der Waals surface area contributed by atoms with Gasteiger partial charge in [-0.1, -0.05) is 6.07 Å². The Morgan fingerprint density at radius 2 is 2.00 bits per heavy atom. The molecule has 0 atom stereocenters. The fraction of sp³-hybridized carbons (Fsp3) is 0.400. The van der Waals surface area contributed by atoms with Crippen LogP contribution in [-0.2, 0) is 13.1 Å². The predicted octanol–water partition coefficient (Wildman–Crippen LogP) is 1.01. The summed E-state index contributed by atoms with van der Waals surface area (Å²) in [5.74, 6) is 0. The second kappa shape index (κ2) is 4.24. The molecule has 1 aromatic rings. The molecule has 12 heavy (non-hydrogen) atoms. The van der Waals surface area contributed by atoms with E-state index in [1.54, 1.807) is 0 Å². The maximum Gasteiger partial charge on any atom is 0.0227 e. The molecule has 0 aliphatic rings. The van der Waals surface area contributed by atoms with E-state index in [9.17, 15) is 0 Å². The topological polar surface area (TPSA) is 29.3 Å². The Balaban J connectivity index is 2.72. The molecule has 1 aromatic carbocycles. The molecule has 0 bridgehead atoms. The predicted molar refractivity (Wildman–Crippen MR) is 50.6 cm³/mol. The molecule has 0 aliphatic heterocycles. The van der Waals surface area contributed by atoms with Gasteiger partial charge >= 0.3 is 0 Å². The van der Waals surface area contributed by atoms with Crippen LogP contribution in [0.3, 0.4) is 0 Å². The highest BCUT2D eigenvalue weighted by molar-refractivity contribution is 5.22. The lowest BCUT2D eigenvalue weighted by atomic mass is 10.1. The van der Waals surface area contributed by atoms with Gasteiger partial charge in [0.1, 0.15) is 0 Å². The second-order valence-electron chi connectivity index (χ2n) is 3.19. The number of nitrogens with two attached hydrogens (primary N) is 1. The highest BCUT2D eigenvalue weighted by Crippen LogP contribution is 2.05. The van der Waals surface area contributed by atoms with E-state index in [0.29, 0.717) is 6.54 Å². The normalized spacial score (nSPS) is 10.7. The van der Waals surface area contributed by atoms with Gasteiger partial charge in [-0.15, -0.1) is 0 Å². The van der Waals surface area contributed by atoms with Gasteiger partial charge in [0, 0.05) is 13.1 Å². The number of nitrogens with zero attached hydrogens (tertiary/aromatic N) is 1. The lowest BCUT2D eigenvalue weighted by Gasteiger charge is -2.09. The molecule has 2 heteroatoms. The molecule has 1 rings (SSSR count). The minimum absolute atomic E-state index is 0.595. The lowest BCUT2D eigenvalue weighted by molar-refractivity contribution is 0.402. The van der Waals surface area contributed by atoms with Crippen molar-refractivity contribution in [3.05, 3.63) is 35.4 Å². The number of hydrogen-bond donors (Lipinski definition) is 1. The number of hydrogen-bond acceptors (Lipinski definition) is 2. The summed E-state index contributed by atoms with van der Waals surface area (Å²) < 4.78 is 0. The third kappa shape index (κ3) is 2.64. The summed E-state index contributed by atoms with van der Waals surface area (Å²) in [4.78, 5) is 2.13. The van der Waals surface area contributed by atoms with Crippen molar-refractivity contribution in [1.82, 2.24) is 4.90 Å². The molecule has 0 amide bonds. The first-order chi connectivity index (χ1) is 5.72. The van der Waals surface area contributed by atoms with Crippen molar-refractivity contribution in [3.63, 3.8) is 0 Å². The van der Waals surface area contributed by atoms with E-state index in [0.717, 1.165) is 12.1 Å². The molecular formula is C10H15N2. The highest BCUT2D eigenvalue weighted by atomic mass is 15.0. The molecule has 2 nitrogen and oxygen atoms in total. The molecule has 1 radical (unpaired) electrons. The third-order valence-electron chi connectivity index (χ3n) is 1.64. The van der Waals surface area contributed by atoms with E-state index in [1.807, 2.05) is 12.1 Å². The Morgan fingerprint density at radius 1 is 1.33 bits per heavy atom. The standard InChI is InChI=1S/C10H15N2/c1-12(2)8-10-5-3-4-9(6-10)7-11/h4-6H,7-8,11H2,1-2H3. The number of benzene rings is 1. The Labute approximate surface area is 74.0 Å². The van der Waals surface area contributed by atoms with Crippen LogP contribution in [0.1, 0.15) is 11.1 Å². The Kier molecular flexibility index (Phi) is 3.26. The van der Waals surface area contributed by atoms with Gasteiger partial charge in [0.15, 0.2) is 0 Å². The molecule has 0 heterocycles. The average Bonchev–Trinajstić information content (AvgIpc) is 2.03. The molecule has 0 spiro atoms. The van der Waals surface area contributed by atoms with E-state index in [4.69, 9.17) is 5.73 Å². The summed E-state index contributed by atoms with van der Waals surface area (Å²) in [6.07, 6.45) is 0. The van der Waals surface area contributed by atoms with Crippen LogP contribution in [0.2, 0.25) is 0 Å². The molecule has 0 aromatic heterocycles. The molecule has 0 saturated heterocycles. The first kappa shape index (κ1) is 9.23. The molecular weight excluding hydrogens is 148 g/mol. The SMILES string of the molecule is CN(C)Cc1c[c]cc(CN)c1. The largest absolute Gasteiger partial charge is 0.326 e. The third-order valence-corrected chi connectivity index (χ3v) is 1.64. The van der Waals surface area contributed by atoms with Gasteiger partial charge in [0.2, 0.25) is 0 Å². The van der Waals surface area contributed by atoms with Crippen molar-refractivity contribution >= 4 is 0 Å². The van der Waals surface area contributed by atoms with Gasteiger partial charge in [-0.2, -0.15) is 0 Å². The second-order valence-corrected chi connectivity index (χ2v) is 3.19. The summed E-state index contributed by atoms with van der Waals surface area (Å²) in [6.45, 7) is 1.54. The molecule has 0 fully saturated rings. The minimum atomic E-state index is 0.595. The Morgan fingerprint density at radius 3 is 2.58 bits per heavy atom. The summed E-state index contributed by atoms with van der Waals surface area (Å²) >= 11 is 0. The summed E-state index contributed by atoms with van der Waals surface area (Å²) in [7, 11) is 4.10. The average molecular weight is 163 g/mol. The van der Waals surface area contributed by atoms with Crippen LogP contribution in [0, 0.1) is 6.07 Å². The first-order valence-electron chi connectivity index (χ1n) is 4.06. The smallest absolute Gasteiger partial charge is 0.0227 e. The van der Waals surface area contributed by atoms with Gasteiger partial charge in [0.25, 0.3) is 0 Å². The van der Waals surface area contributed by atoms with E-state index in [-0.39, 0.29) is 0 Å². The van der Waals surface area contributed by atoms with Gasteiger partial charge in [-0.05, 0) is 43.4 Å². The van der Waals surface area contributed by atoms with Crippen molar-refractivity contribution in [3.8, 4) is 0 Å². The quantitative estimate of drug-likeness (QED) is 0.720. The van der Waals surface area contributed by atoms with Crippen molar-refractivity contribution < 1.29 is 0 Å². The maximum absolute atomic E-state index is 5.52. The summed E-state index contributed by atoms with van der Waals surface area (Å²) in [5.41, 5.74) is 7.93. The van der Waals surface area contributed by atoms with Gasteiger partial charge in [-0.25, -0.2) is 0 Å². The van der Waals surface area contributed by atoms with Gasteiger partial charge in [-0.3, -0.25) is 0 Å². The number of rotatable bonds is 3. The molecule has 2 N–H and O–H groups in total. The molecule has 0 unspecified atom stereocenters. The van der Waals surface area contributed by atoms with Crippen molar-refractivity contribution in [2.24, 2.45) is 5.73 Å². The molecule has 0 aliphatic carbocycles. The van der Waals surface area contributed by atoms with E-state index in [1.165, 1.54) is 5.56 Å². The van der Waals surface area contributed by atoms with Crippen LogP contribution in [0.25, 0.3) is 0 Å². The monoisotopic (exact) mass is 163 g/mol. The van der Waals surface area contributed by atoms with Crippen LogP contribution in [0.5, 0.6) is 0 Å². The van der Waals surface area contributed by atoms with Crippen LogP contribution < -0.4 is 5.73 Å². The van der Waals surface area contributed by atoms with E-state index < -0.39 is 0 Å². The van der Waals surface area contributed by atoms with Crippen molar-refractivity contribution in [2.45, 2.75) is 13.1 Å². The van der Waals surface area contributed by atoms with Crippen molar-refractivity contribution in [2.75, 3.05) is 14.1 Å². The van der Waals surface area contributed by atoms with Crippen molar-refractivity contribution in [1.29, 1.82) is 0 Å². The minimum Gasteiger partial charge on any atom is -0.326 e. The first-order valence-corrected chi connectivity index (χ1v) is 4.06. The van der Waals surface area contributed by atoms with Gasteiger partial charge < -0.3 is 10.6 Å². The highest BCUT2D eigenvalue weighted by Gasteiger charge is 1.95. The van der Waals surface area contributed by atoms with Crippen LogP contribution >= 0.6 is 0 Å².